The van der Waals surface area contributed by atoms with E-state index in [4.69, 9.17) is 16.3 Å². The Morgan fingerprint density at radius 3 is 2.52 bits per heavy atom. The SMILES string of the molecule is Fc1ccc(COc2ncc(F)c(/N=N/c3ccccc3Cl)n2)cc1. The number of rotatable bonds is 5. The van der Waals surface area contributed by atoms with E-state index < -0.39 is 5.82 Å². The molecule has 1 heterocycles. The smallest absolute Gasteiger partial charge is 0.318 e. The van der Waals surface area contributed by atoms with Crippen LogP contribution in [0.15, 0.2) is 65.0 Å². The van der Waals surface area contributed by atoms with Crippen LogP contribution in [-0.4, -0.2) is 9.97 Å². The van der Waals surface area contributed by atoms with Crippen LogP contribution in [0.2, 0.25) is 5.02 Å². The first-order chi connectivity index (χ1) is 12.1. The molecular formula is C17H11ClF2N4O. The first kappa shape index (κ1) is 16.9. The van der Waals surface area contributed by atoms with Crippen molar-refractivity contribution in [3.05, 3.63) is 76.9 Å². The van der Waals surface area contributed by atoms with Crippen molar-refractivity contribution < 1.29 is 13.5 Å². The summed E-state index contributed by atoms with van der Waals surface area (Å²) in [5.74, 6) is -1.36. The molecule has 0 amide bonds. The molecule has 0 spiro atoms. The van der Waals surface area contributed by atoms with Gasteiger partial charge < -0.3 is 4.74 Å². The zero-order valence-electron chi connectivity index (χ0n) is 12.7. The van der Waals surface area contributed by atoms with Crippen LogP contribution >= 0.6 is 11.6 Å². The maximum atomic E-state index is 13.8. The van der Waals surface area contributed by atoms with Crippen molar-refractivity contribution in [2.24, 2.45) is 10.2 Å². The summed E-state index contributed by atoms with van der Waals surface area (Å²) in [6.07, 6.45) is 0.938. The lowest BCUT2D eigenvalue weighted by Gasteiger charge is -2.05. The molecule has 5 nitrogen and oxygen atoms in total. The third-order valence-corrected chi connectivity index (χ3v) is 3.41. The third-order valence-electron chi connectivity index (χ3n) is 3.09. The number of hydrogen-bond donors (Lipinski definition) is 0. The fourth-order valence-corrected chi connectivity index (χ4v) is 2.02. The van der Waals surface area contributed by atoms with Gasteiger partial charge in [0.1, 0.15) is 18.1 Å². The molecule has 0 bridgehead atoms. The van der Waals surface area contributed by atoms with Crippen LogP contribution in [0, 0.1) is 11.6 Å². The van der Waals surface area contributed by atoms with Crippen molar-refractivity contribution in [3.8, 4) is 6.01 Å². The highest BCUT2D eigenvalue weighted by Crippen LogP contribution is 2.26. The summed E-state index contributed by atoms with van der Waals surface area (Å²) in [7, 11) is 0. The first-order valence-corrected chi connectivity index (χ1v) is 7.55. The number of azo groups is 1. The maximum Gasteiger partial charge on any atom is 0.318 e. The van der Waals surface area contributed by atoms with Gasteiger partial charge in [-0.05, 0) is 29.8 Å². The van der Waals surface area contributed by atoms with Gasteiger partial charge in [0.2, 0.25) is 5.82 Å². The minimum atomic E-state index is -0.745. The molecule has 0 aliphatic heterocycles. The summed E-state index contributed by atoms with van der Waals surface area (Å²) in [5, 5.41) is 8.00. The summed E-state index contributed by atoms with van der Waals surface area (Å²) >= 11 is 5.96. The Morgan fingerprint density at radius 1 is 1.00 bits per heavy atom. The lowest BCUT2D eigenvalue weighted by atomic mass is 10.2. The Balaban J connectivity index is 1.74. The van der Waals surface area contributed by atoms with Crippen LogP contribution in [0.3, 0.4) is 0 Å². The number of nitrogens with zero attached hydrogens (tertiary/aromatic N) is 4. The maximum absolute atomic E-state index is 13.8. The number of ether oxygens (including phenoxy) is 1. The summed E-state index contributed by atoms with van der Waals surface area (Å²) < 4.78 is 32.0. The Kier molecular flexibility index (Phi) is 5.25. The van der Waals surface area contributed by atoms with Gasteiger partial charge in [0.25, 0.3) is 0 Å². The van der Waals surface area contributed by atoms with Crippen molar-refractivity contribution in [1.29, 1.82) is 0 Å². The highest BCUT2D eigenvalue weighted by Gasteiger charge is 2.08. The van der Waals surface area contributed by atoms with E-state index in [1.807, 2.05) is 0 Å². The largest absolute Gasteiger partial charge is 0.459 e. The summed E-state index contributed by atoms with van der Waals surface area (Å²) in [6.45, 7) is 0.104. The van der Waals surface area contributed by atoms with Crippen molar-refractivity contribution in [2.45, 2.75) is 6.61 Å². The van der Waals surface area contributed by atoms with Crippen LogP contribution in [0.5, 0.6) is 6.01 Å². The van der Waals surface area contributed by atoms with E-state index in [0.29, 0.717) is 16.3 Å². The van der Waals surface area contributed by atoms with E-state index in [0.717, 1.165) is 6.20 Å². The van der Waals surface area contributed by atoms with E-state index in [2.05, 4.69) is 20.2 Å². The standard InChI is InChI=1S/C17H11ClF2N4O/c18-13-3-1-2-4-15(13)23-24-16-14(20)9-21-17(22-16)25-10-11-5-7-12(19)8-6-11/h1-9H,10H2/b24-23+. The molecule has 3 aromatic rings. The lowest BCUT2D eigenvalue weighted by Crippen LogP contribution is -2.00. The normalized spacial score (nSPS) is 11.0. The van der Waals surface area contributed by atoms with Crippen molar-refractivity contribution in [3.63, 3.8) is 0 Å². The van der Waals surface area contributed by atoms with Gasteiger partial charge in [-0.25, -0.2) is 13.8 Å². The van der Waals surface area contributed by atoms with E-state index in [-0.39, 0.29) is 24.3 Å². The van der Waals surface area contributed by atoms with Crippen molar-refractivity contribution in [1.82, 2.24) is 9.97 Å². The molecular weight excluding hydrogens is 350 g/mol. The van der Waals surface area contributed by atoms with Crippen molar-refractivity contribution >= 4 is 23.1 Å². The second-order valence-electron chi connectivity index (χ2n) is 4.89. The molecule has 2 aromatic carbocycles. The van der Waals surface area contributed by atoms with Gasteiger partial charge >= 0.3 is 6.01 Å². The molecule has 126 valence electrons. The van der Waals surface area contributed by atoms with Crippen LogP contribution in [0.4, 0.5) is 20.3 Å². The topological polar surface area (TPSA) is 59.7 Å². The molecule has 0 N–H and O–H groups in total. The summed E-state index contributed by atoms with van der Waals surface area (Å²) in [6, 6.07) is 12.4. The average Bonchev–Trinajstić information content (AvgIpc) is 2.62. The molecule has 8 heteroatoms. The fourth-order valence-electron chi connectivity index (χ4n) is 1.84. The molecule has 0 saturated carbocycles. The van der Waals surface area contributed by atoms with E-state index >= 15 is 0 Å². The van der Waals surface area contributed by atoms with Crippen molar-refractivity contribution in [2.75, 3.05) is 0 Å². The Labute approximate surface area is 147 Å². The van der Waals surface area contributed by atoms with E-state index in [1.54, 1.807) is 36.4 Å². The third kappa shape index (κ3) is 4.54. The molecule has 25 heavy (non-hydrogen) atoms. The van der Waals surface area contributed by atoms with Crippen LogP contribution in [0.1, 0.15) is 5.56 Å². The minimum Gasteiger partial charge on any atom is -0.459 e. The molecule has 0 atom stereocenters. The van der Waals surface area contributed by atoms with Gasteiger partial charge in [-0.15, -0.1) is 10.2 Å². The molecule has 0 fully saturated rings. The molecule has 3 rings (SSSR count). The number of halogens is 3. The number of hydrogen-bond acceptors (Lipinski definition) is 5. The van der Waals surface area contributed by atoms with Crippen LogP contribution < -0.4 is 4.74 Å². The number of aromatic nitrogens is 2. The van der Waals surface area contributed by atoms with Gasteiger partial charge in [0.05, 0.1) is 11.2 Å². The van der Waals surface area contributed by atoms with Gasteiger partial charge in [-0.1, -0.05) is 35.9 Å². The van der Waals surface area contributed by atoms with Gasteiger partial charge in [-0.2, -0.15) is 4.98 Å². The second kappa shape index (κ2) is 7.76. The van der Waals surface area contributed by atoms with Crippen LogP contribution in [-0.2, 0) is 6.61 Å². The second-order valence-corrected chi connectivity index (χ2v) is 5.30. The predicted octanol–water partition coefficient (Wildman–Crippen LogP) is 5.40. The summed E-state index contributed by atoms with van der Waals surface area (Å²) in [5.41, 5.74) is 1.10. The molecule has 0 unspecified atom stereocenters. The molecule has 0 aliphatic rings. The Morgan fingerprint density at radius 2 is 1.76 bits per heavy atom. The highest BCUT2D eigenvalue weighted by molar-refractivity contribution is 6.32. The predicted molar refractivity (Wildman–Crippen MR) is 88.4 cm³/mol. The van der Waals surface area contributed by atoms with Crippen LogP contribution in [0.25, 0.3) is 0 Å². The lowest BCUT2D eigenvalue weighted by molar-refractivity contribution is 0.279. The fraction of sp³-hybridized carbons (Fsp3) is 0.0588. The van der Waals surface area contributed by atoms with Gasteiger partial charge in [0, 0.05) is 0 Å². The molecule has 0 radical (unpaired) electrons. The molecule has 1 aromatic heterocycles. The number of benzene rings is 2. The van der Waals surface area contributed by atoms with Gasteiger partial charge in [0.15, 0.2) is 5.82 Å². The molecule has 0 aliphatic carbocycles. The quantitative estimate of drug-likeness (QED) is 0.572. The molecule has 0 saturated heterocycles. The zero-order chi connectivity index (χ0) is 17.6. The van der Waals surface area contributed by atoms with E-state index in [1.165, 1.54) is 12.1 Å². The zero-order valence-corrected chi connectivity index (χ0v) is 13.5. The van der Waals surface area contributed by atoms with Gasteiger partial charge in [-0.3, -0.25) is 0 Å². The Hall–Kier alpha value is -2.93. The first-order valence-electron chi connectivity index (χ1n) is 7.18. The summed E-state index contributed by atoms with van der Waals surface area (Å²) in [4.78, 5) is 7.60. The average molecular weight is 361 g/mol. The monoisotopic (exact) mass is 360 g/mol. The Bertz CT molecular complexity index is 903. The highest BCUT2D eigenvalue weighted by atomic mass is 35.5. The minimum absolute atomic E-state index is 0.0705. The van der Waals surface area contributed by atoms with E-state index in [9.17, 15) is 8.78 Å².